The fraction of sp³-hybridized carbons (Fsp3) is 0.381. The number of morpholine rings is 1. The van der Waals surface area contributed by atoms with Crippen LogP contribution >= 0.6 is 0 Å². The lowest BCUT2D eigenvalue weighted by molar-refractivity contribution is -0.133. The average Bonchev–Trinajstić information content (AvgIpc) is 2.64. The Morgan fingerprint density at radius 3 is 2.69 bits per heavy atom. The monoisotopic (exact) mass is 356 g/mol. The maximum Gasteiger partial charge on any atom is 0.236 e. The van der Waals surface area contributed by atoms with Gasteiger partial charge >= 0.3 is 0 Å². The molecule has 1 heterocycles. The predicted molar refractivity (Wildman–Crippen MR) is 99.2 cm³/mol. The Hall–Kier alpha value is -2.24. The van der Waals surface area contributed by atoms with E-state index >= 15 is 0 Å². The van der Waals surface area contributed by atoms with Crippen molar-refractivity contribution in [2.75, 3.05) is 33.3 Å². The minimum absolute atomic E-state index is 0.0907. The van der Waals surface area contributed by atoms with Gasteiger partial charge < -0.3 is 9.64 Å². The first-order valence-electron chi connectivity index (χ1n) is 8.91. The molecule has 0 aromatic heterocycles. The molecule has 0 aliphatic carbocycles. The molecule has 5 heteroatoms. The summed E-state index contributed by atoms with van der Waals surface area (Å²) in [7, 11) is 1.84. The molecule has 1 aliphatic rings. The van der Waals surface area contributed by atoms with E-state index in [1.54, 1.807) is 17.0 Å². The number of carbonyl (C=O) groups is 1. The third kappa shape index (κ3) is 4.68. The Labute approximate surface area is 154 Å². The van der Waals surface area contributed by atoms with Crippen molar-refractivity contribution >= 4 is 5.91 Å². The molecule has 2 aromatic carbocycles. The molecule has 1 aliphatic heterocycles. The number of hydrogen-bond donors (Lipinski definition) is 0. The van der Waals surface area contributed by atoms with Crippen molar-refractivity contribution in [2.45, 2.75) is 19.6 Å². The van der Waals surface area contributed by atoms with Crippen LogP contribution in [0.5, 0.6) is 0 Å². The molecule has 0 saturated carbocycles. The van der Waals surface area contributed by atoms with E-state index in [1.807, 2.05) is 19.2 Å². The van der Waals surface area contributed by atoms with Gasteiger partial charge in [0, 0.05) is 26.7 Å². The zero-order valence-electron chi connectivity index (χ0n) is 15.3. The van der Waals surface area contributed by atoms with Gasteiger partial charge in [0.1, 0.15) is 5.82 Å². The van der Waals surface area contributed by atoms with E-state index in [0.717, 1.165) is 17.7 Å². The molecular weight excluding hydrogens is 331 g/mol. The standard InChI is InChI=1S/C21H25FN2O2/c1-16-5-3-4-6-18(16)13-23(2)21(25)15-24-11-12-26-20(14-24)17-7-9-19(22)10-8-17/h3-10,20H,11-15H2,1-2H3. The van der Waals surface area contributed by atoms with Crippen molar-refractivity contribution in [1.82, 2.24) is 9.80 Å². The third-order valence-electron chi connectivity index (χ3n) is 4.85. The molecule has 1 unspecified atom stereocenters. The van der Waals surface area contributed by atoms with E-state index < -0.39 is 0 Å². The van der Waals surface area contributed by atoms with Gasteiger partial charge in [-0.2, -0.15) is 0 Å². The second-order valence-electron chi connectivity index (χ2n) is 6.82. The van der Waals surface area contributed by atoms with Gasteiger partial charge in [0.2, 0.25) is 5.91 Å². The highest BCUT2D eigenvalue weighted by atomic mass is 19.1. The van der Waals surface area contributed by atoms with Crippen molar-refractivity contribution in [3.05, 3.63) is 71.0 Å². The fourth-order valence-corrected chi connectivity index (χ4v) is 3.17. The van der Waals surface area contributed by atoms with Gasteiger partial charge in [-0.25, -0.2) is 4.39 Å². The number of nitrogens with zero attached hydrogens (tertiary/aromatic N) is 2. The lowest BCUT2D eigenvalue weighted by Gasteiger charge is -2.33. The second-order valence-corrected chi connectivity index (χ2v) is 6.82. The second kappa shape index (κ2) is 8.43. The van der Waals surface area contributed by atoms with Gasteiger partial charge in [-0.05, 0) is 35.7 Å². The molecule has 1 fully saturated rings. The van der Waals surface area contributed by atoms with Crippen LogP contribution in [0.4, 0.5) is 4.39 Å². The summed E-state index contributed by atoms with van der Waals surface area (Å²) < 4.78 is 18.9. The number of halogens is 1. The molecule has 3 rings (SSSR count). The van der Waals surface area contributed by atoms with Crippen molar-refractivity contribution in [1.29, 1.82) is 0 Å². The van der Waals surface area contributed by atoms with E-state index in [0.29, 0.717) is 26.2 Å². The Kier molecular flexibility index (Phi) is 6.01. The van der Waals surface area contributed by atoms with E-state index in [-0.39, 0.29) is 17.8 Å². The summed E-state index contributed by atoms with van der Waals surface area (Å²) in [5.74, 6) is -0.164. The first-order valence-corrected chi connectivity index (χ1v) is 8.91. The minimum Gasteiger partial charge on any atom is -0.371 e. The van der Waals surface area contributed by atoms with Gasteiger partial charge in [-0.3, -0.25) is 9.69 Å². The largest absolute Gasteiger partial charge is 0.371 e. The first kappa shape index (κ1) is 18.5. The quantitative estimate of drug-likeness (QED) is 0.825. The lowest BCUT2D eigenvalue weighted by Crippen LogP contribution is -2.44. The molecule has 1 amide bonds. The molecule has 138 valence electrons. The number of amides is 1. The van der Waals surface area contributed by atoms with Crippen LogP contribution in [0, 0.1) is 12.7 Å². The van der Waals surface area contributed by atoms with Gasteiger partial charge in [-0.15, -0.1) is 0 Å². The van der Waals surface area contributed by atoms with Gasteiger partial charge in [0.15, 0.2) is 0 Å². The van der Waals surface area contributed by atoms with Crippen LogP contribution in [0.25, 0.3) is 0 Å². The van der Waals surface area contributed by atoms with E-state index in [9.17, 15) is 9.18 Å². The number of carbonyl (C=O) groups excluding carboxylic acids is 1. The number of hydrogen-bond acceptors (Lipinski definition) is 3. The van der Waals surface area contributed by atoms with Gasteiger partial charge in [0.05, 0.1) is 19.3 Å². The first-order chi connectivity index (χ1) is 12.5. The summed E-state index contributed by atoms with van der Waals surface area (Å²) in [6.07, 6.45) is -0.126. The molecule has 0 bridgehead atoms. The van der Waals surface area contributed by atoms with Crippen LogP contribution in [0.3, 0.4) is 0 Å². The van der Waals surface area contributed by atoms with Crippen molar-refractivity contribution in [3.63, 3.8) is 0 Å². The van der Waals surface area contributed by atoms with Gasteiger partial charge in [-0.1, -0.05) is 36.4 Å². The molecule has 26 heavy (non-hydrogen) atoms. The molecule has 2 aromatic rings. The highest BCUT2D eigenvalue weighted by Gasteiger charge is 2.24. The van der Waals surface area contributed by atoms with Crippen LogP contribution in [0.1, 0.15) is 22.8 Å². The molecular formula is C21H25FN2O2. The van der Waals surface area contributed by atoms with E-state index in [2.05, 4.69) is 24.0 Å². The minimum atomic E-state index is -0.255. The summed E-state index contributed by atoms with van der Waals surface area (Å²) in [5.41, 5.74) is 3.29. The maximum absolute atomic E-state index is 13.1. The zero-order chi connectivity index (χ0) is 18.5. The predicted octanol–water partition coefficient (Wildman–Crippen LogP) is 3.17. The van der Waals surface area contributed by atoms with Crippen molar-refractivity contribution in [3.8, 4) is 0 Å². The molecule has 4 nitrogen and oxygen atoms in total. The summed E-state index contributed by atoms with van der Waals surface area (Å²) in [4.78, 5) is 16.5. The molecule has 0 radical (unpaired) electrons. The Balaban J connectivity index is 1.56. The van der Waals surface area contributed by atoms with Crippen molar-refractivity contribution in [2.24, 2.45) is 0 Å². The lowest BCUT2D eigenvalue weighted by atomic mass is 10.1. The maximum atomic E-state index is 13.1. The van der Waals surface area contributed by atoms with Crippen LogP contribution in [0.2, 0.25) is 0 Å². The number of aryl methyl sites for hydroxylation is 1. The summed E-state index contributed by atoms with van der Waals surface area (Å²) in [6.45, 7) is 4.96. The number of ether oxygens (including phenoxy) is 1. The summed E-state index contributed by atoms with van der Waals surface area (Å²) >= 11 is 0. The normalized spacial score (nSPS) is 17.9. The van der Waals surface area contributed by atoms with Crippen LogP contribution in [-0.2, 0) is 16.1 Å². The van der Waals surface area contributed by atoms with Crippen LogP contribution in [-0.4, -0.2) is 49.0 Å². The van der Waals surface area contributed by atoms with Crippen LogP contribution < -0.4 is 0 Å². The summed E-state index contributed by atoms with van der Waals surface area (Å²) in [6, 6.07) is 14.5. The van der Waals surface area contributed by atoms with E-state index in [4.69, 9.17) is 4.74 Å². The zero-order valence-corrected chi connectivity index (χ0v) is 15.3. The topological polar surface area (TPSA) is 32.8 Å². The average molecular weight is 356 g/mol. The molecule has 0 spiro atoms. The number of rotatable bonds is 5. The van der Waals surface area contributed by atoms with Gasteiger partial charge in [0.25, 0.3) is 0 Å². The molecule has 0 N–H and O–H groups in total. The SMILES string of the molecule is Cc1ccccc1CN(C)C(=O)CN1CCOC(c2ccc(F)cc2)C1. The number of benzene rings is 2. The Morgan fingerprint density at radius 2 is 1.96 bits per heavy atom. The highest BCUT2D eigenvalue weighted by Crippen LogP contribution is 2.22. The van der Waals surface area contributed by atoms with E-state index in [1.165, 1.54) is 17.7 Å². The van der Waals surface area contributed by atoms with Crippen molar-refractivity contribution < 1.29 is 13.9 Å². The summed E-state index contributed by atoms with van der Waals surface area (Å²) in [5, 5.41) is 0. The Morgan fingerprint density at radius 1 is 1.23 bits per heavy atom. The number of likely N-dealkylation sites (N-methyl/N-ethyl adjacent to an activating group) is 1. The Bertz CT molecular complexity index is 748. The highest BCUT2D eigenvalue weighted by molar-refractivity contribution is 5.78. The molecule has 1 saturated heterocycles. The smallest absolute Gasteiger partial charge is 0.236 e. The fourth-order valence-electron chi connectivity index (χ4n) is 3.17. The third-order valence-corrected chi connectivity index (χ3v) is 4.85. The molecule has 1 atom stereocenters. The van der Waals surface area contributed by atoms with Crippen LogP contribution in [0.15, 0.2) is 48.5 Å².